The van der Waals surface area contributed by atoms with Gasteiger partial charge in [0.05, 0.1) is 27.1 Å². The Morgan fingerprint density at radius 1 is 1.31 bits per heavy atom. The molecule has 0 aliphatic rings. The van der Waals surface area contributed by atoms with Crippen LogP contribution in [-0.4, -0.2) is 40.1 Å². The molecule has 1 amide bonds. The third-order valence-corrected chi connectivity index (χ3v) is 4.93. The minimum Gasteiger partial charge on any atom is -0.353 e. The lowest BCUT2D eigenvalue weighted by atomic mass is 10.3. The summed E-state index contributed by atoms with van der Waals surface area (Å²) in [4.78, 5) is 22.4. The summed E-state index contributed by atoms with van der Waals surface area (Å²) in [5.74, 6) is 0.775. The Bertz CT molecular complexity index is 864. The second-order valence-electron chi connectivity index (χ2n) is 5.77. The van der Waals surface area contributed by atoms with Crippen LogP contribution in [0.2, 0.25) is 0 Å². The largest absolute Gasteiger partial charge is 0.353 e. The average molecular weight is 416 g/mol. The van der Waals surface area contributed by atoms with Gasteiger partial charge in [0.15, 0.2) is 5.82 Å². The number of hydrogen-bond acceptors (Lipinski definition) is 5. The molecule has 0 saturated heterocycles. The Morgan fingerprint density at radius 3 is 2.69 bits per heavy atom. The first kappa shape index (κ1) is 22.4. The molecule has 1 unspecified atom stereocenters. The van der Waals surface area contributed by atoms with Crippen molar-refractivity contribution in [1.29, 1.82) is 0 Å². The number of aryl methyl sites for hydroxylation is 1. The molecular formula is C17H23Cl2N5OS. The van der Waals surface area contributed by atoms with E-state index in [9.17, 15) is 4.79 Å². The van der Waals surface area contributed by atoms with E-state index in [1.165, 1.54) is 0 Å². The number of carbonyl (C=O) groups excluding carboxylic acids is 1. The molecule has 142 valence electrons. The van der Waals surface area contributed by atoms with Gasteiger partial charge < -0.3 is 15.2 Å². The molecule has 2 heterocycles. The first-order valence-electron chi connectivity index (χ1n) is 7.90. The van der Waals surface area contributed by atoms with E-state index in [1.54, 1.807) is 11.3 Å². The van der Waals surface area contributed by atoms with Gasteiger partial charge in [0.2, 0.25) is 5.91 Å². The monoisotopic (exact) mass is 415 g/mol. The lowest BCUT2D eigenvalue weighted by Crippen LogP contribution is -2.38. The Kier molecular flexibility index (Phi) is 8.49. The van der Waals surface area contributed by atoms with Crippen LogP contribution in [0.3, 0.4) is 0 Å². The average Bonchev–Trinajstić information content (AvgIpc) is 3.16. The van der Waals surface area contributed by atoms with Crippen LogP contribution in [0.15, 0.2) is 29.8 Å². The zero-order chi connectivity index (χ0) is 17.1. The smallest absolute Gasteiger partial charge is 0.240 e. The van der Waals surface area contributed by atoms with Crippen molar-refractivity contribution < 1.29 is 4.79 Å². The zero-order valence-electron chi connectivity index (χ0n) is 14.9. The molecule has 1 atom stereocenters. The second kappa shape index (κ2) is 9.87. The lowest BCUT2D eigenvalue weighted by molar-refractivity contribution is -0.121. The zero-order valence-corrected chi connectivity index (χ0v) is 17.3. The molecule has 2 N–H and O–H groups in total. The van der Waals surface area contributed by atoms with E-state index in [2.05, 4.69) is 15.6 Å². The van der Waals surface area contributed by atoms with E-state index >= 15 is 0 Å². The summed E-state index contributed by atoms with van der Waals surface area (Å²) >= 11 is 1.54. The van der Waals surface area contributed by atoms with Crippen molar-refractivity contribution in [2.45, 2.75) is 26.4 Å². The first-order chi connectivity index (χ1) is 11.6. The highest BCUT2D eigenvalue weighted by molar-refractivity contribution is 7.13. The van der Waals surface area contributed by atoms with Gasteiger partial charge >= 0.3 is 0 Å². The molecule has 0 fully saturated rings. The number of hydrogen-bond donors (Lipinski definition) is 2. The van der Waals surface area contributed by atoms with E-state index in [0.29, 0.717) is 6.54 Å². The minimum atomic E-state index is -0.0244. The second-order valence-corrected chi connectivity index (χ2v) is 6.63. The van der Waals surface area contributed by atoms with Crippen molar-refractivity contribution in [1.82, 2.24) is 25.2 Å². The molecule has 3 aromatic rings. The molecular weight excluding hydrogens is 393 g/mol. The van der Waals surface area contributed by atoms with Crippen LogP contribution in [0.25, 0.3) is 21.7 Å². The van der Waals surface area contributed by atoms with Crippen LogP contribution in [0.4, 0.5) is 0 Å². The highest BCUT2D eigenvalue weighted by Crippen LogP contribution is 2.29. The first-order valence-corrected chi connectivity index (χ1v) is 8.77. The van der Waals surface area contributed by atoms with E-state index in [0.717, 1.165) is 27.4 Å². The Morgan fingerprint density at radius 2 is 2.04 bits per heavy atom. The minimum absolute atomic E-state index is 0. The molecule has 0 aliphatic carbocycles. The van der Waals surface area contributed by atoms with E-state index in [-0.39, 0.29) is 43.3 Å². The number of likely N-dealkylation sites (N-methyl/N-ethyl adjacent to an activating group) is 1. The maximum Gasteiger partial charge on any atom is 0.240 e. The Labute approximate surface area is 169 Å². The maximum absolute atomic E-state index is 12.4. The Balaban J connectivity index is 0.00000169. The summed E-state index contributed by atoms with van der Waals surface area (Å²) in [6.07, 6.45) is 0. The number of nitrogens with zero attached hydrogens (tertiary/aromatic N) is 3. The molecule has 0 saturated carbocycles. The van der Waals surface area contributed by atoms with Gasteiger partial charge in [-0.15, -0.1) is 36.2 Å². The number of aromatic nitrogens is 3. The molecule has 2 aromatic heterocycles. The standard InChI is InChI=1S/C17H21N5OS.2ClH/c1-11(18-3)8-19-15(23)9-22-14-7-5-4-6-13(14)21-17(22)16-12(2)20-10-24-16;;/h4-7,10-11,18H,8-9H2,1-3H3,(H,19,23);2*1H. The lowest BCUT2D eigenvalue weighted by Gasteiger charge is -2.13. The predicted molar refractivity (Wildman–Crippen MR) is 112 cm³/mol. The quantitative estimate of drug-likeness (QED) is 0.648. The maximum atomic E-state index is 12.4. The van der Waals surface area contributed by atoms with Crippen LogP contribution in [0, 0.1) is 6.92 Å². The van der Waals surface area contributed by atoms with Crippen molar-refractivity contribution in [2.24, 2.45) is 0 Å². The summed E-state index contributed by atoms with van der Waals surface area (Å²) < 4.78 is 1.97. The molecule has 6 nitrogen and oxygen atoms in total. The topological polar surface area (TPSA) is 71.8 Å². The van der Waals surface area contributed by atoms with Gasteiger partial charge in [-0.2, -0.15) is 0 Å². The number of nitrogens with one attached hydrogen (secondary N) is 2. The number of rotatable bonds is 6. The third-order valence-electron chi connectivity index (χ3n) is 4.00. The van der Waals surface area contributed by atoms with Gasteiger partial charge in [-0.1, -0.05) is 12.1 Å². The fourth-order valence-corrected chi connectivity index (χ4v) is 3.29. The van der Waals surface area contributed by atoms with Gasteiger partial charge in [-0.3, -0.25) is 4.79 Å². The molecule has 26 heavy (non-hydrogen) atoms. The van der Waals surface area contributed by atoms with Crippen molar-refractivity contribution in [3.05, 3.63) is 35.5 Å². The van der Waals surface area contributed by atoms with Gasteiger partial charge in [0.1, 0.15) is 6.54 Å². The molecule has 9 heteroatoms. The fraction of sp³-hybridized carbons (Fsp3) is 0.353. The molecule has 0 radical (unpaired) electrons. The summed E-state index contributed by atoms with van der Waals surface area (Å²) in [5, 5.41) is 6.07. The van der Waals surface area contributed by atoms with Crippen molar-refractivity contribution >= 4 is 53.1 Å². The SMILES string of the molecule is CNC(C)CNC(=O)Cn1c(-c2scnc2C)nc2ccccc21.Cl.Cl. The number of halogens is 2. The summed E-state index contributed by atoms with van der Waals surface area (Å²) in [7, 11) is 1.88. The number of fused-ring (bicyclic) bond motifs is 1. The molecule has 1 aromatic carbocycles. The molecule has 0 spiro atoms. The van der Waals surface area contributed by atoms with Crippen molar-refractivity contribution in [3.63, 3.8) is 0 Å². The van der Waals surface area contributed by atoms with E-state index < -0.39 is 0 Å². The predicted octanol–water partition coefficient (Wildman–Crippen LogP) is 3.04. The summed E-state index contributed by atoms with van der Waals surface area (Å²) in [6.45, 7) is 4.82. The highest BCUT2D eigenvalue weighted by Gasteiger charge is 2.18. The van der Waals surface area contributed by atoms with Gasteiger partial charge in [-0.25, -0.2) is 9.97 Å². The number of imidazole rings is 1. The van der Waals surface area contributed by atoms with Gasteiger partial charge in [-0.05, 0) is 33.0 Å². The van der Waals surface area contributed by atoms with Crippen molar-refractivity contribution in [2.75, 3.05) is 13.6 Å². The van der Waals surface area contributed by atoms with Crippen LogP contribution in [-0.2, 0) is 11.3 Å². The van der Waals surface area contributed by atoms with Crippen LogP contribution in [0.1, 0.15) is 12.6 Å². The third kappa shape index (κ3) is 4.73. The van der Waals surface area contributed by atoms with Gasteiger partial charge in [0.25, 0.3) is 0 Å². The number of para-hydroxylation sites is 2. The van der Waals surface area contributed by atoms with Crippen LogP contribution >= 0.6 is 36.2 Å². The summed E-state index contributed by atoms with van der Waals surface area (Å²) in [6, 6.07) is 8.11. The number of benzene rings is 1. The normalized spacial score (nSPS) is 11.5. The number of amides is 1. The van der Waals surface area contributed by atoms with Crippen LogP contribution < -0.4 is 10.6 Å². The number of thiazole rings is 1. The number of carbonyl (C=O) groups is 1. The highest BCUT2D eigenvalue weighted by atomic mass is 35.5. The molecule has 3 rings (SSSR count). The fourth-order valence-electron chi connectivity index (χ4n) is 2.49. The van der Waals surface area contributed by atoms with Crippen LogP contribution in [0.5, 0.6) is 0 Å². The van der Waals surface area contributed by atoms with Gasteiger partial charge in [0, 0.05) is 12.6 Å². The van der Waals surface area contributed by atoms with E-state index in [1.807, 2.05) is 55.2 Å². The van der Waals surface area contributed by atoms with Crippen molar-refractivity contribution in [3.8, 4) is 10.7 Å². The Hall–Kier alpha value is -1.67. The molecule has 0 bridgehead atoms. The van der Waals surface area contributed by atoms with E-state index in [4.69, 9.17) is 4.98 Å². The molecule has 0 aliphatic heterocycles. The summed E-state index contributed by atoms with van der Waals surface area (Å²) in [5.41, 5.74) is 4.58.